The van der Waals surface area contributed by atoms with Gasteiger partial charge in [-0.05, 0) is 36.0 Å². The summed E-state index contributed by atoms with van der Waals surface area (Å²) in [6.45, 7) is -0.0824. The highest BCUT2D eigenvalue weighted by Crippen LogP contribution is 2.32. The zero-order valence-corrected chi connectivity index (χ0v) is 15.2. The summed E-state index contributed by atoms with van der Waals surface area (Å²) in [4.78, 5) is 31.0. The Hall–Kier alpha value is -3.00. The van der Waals surface area contributed by atoms with Crippen LogP contribution in [0.1, 0.15) is 10.6 Å². The van der Waals surface area contributed by atoms with Crippen LogP contribution in [0.25, 0.3) is 0 Å². The molecule has 8 heteroatoms. The maximum Gasteiger partial charge on any atom is 0.289 e. The van der Waals surface area contributed by atoms with Crippen LogP contribution in [0.15, 0.2) is 69.5 Å². The second-order valence-corrected chi connectivity index (χ2v) is 6.61. The maximum absolute atomic E-state index is 12.4. The number of rotatable bonds is 6. The Morgan fingerprint density at radius 2 is 2.08 bits per heavy atom. The fourth-order valence-corrected chi connectivity index (χ4v) is 3.16. The van der Waals surface area contributed by atoms with E-state index in [-0.39, 0.29) is 24.1 Å². The first-order chi connectivity index (χ1) is 12.5. The van der Waals surface area contributed by atoms with Crippen molar-refractivity contribution in [2.24, 2.45) is 7.05 Å². The zero-order chi connectivity index (χ0) is 18.5. The highest BCUT2D eigenvalue weighted by molar-refractivity contribution is 7.99. The van der Waals surface area contributed by atoms with Crippen molar-refractivity contribution >= 4 is 29.3 Å². The summed E-state index contributed by atoms with van der Waals surface area (Å²) < 4.78 is 6.97. The number of aromatic nitrogens is 2. The summed E-state index contributed by atoms with van der Waals surface area (Å²) in [6, 6.07) is 10.7. The average Bonchev–Trinajstić information content (AvgIpc) is 3.28. The van der Waals surface area contributed by atoms with Crippen molar-refractivity contribution in [2.45, 2.75) is 10.1 Å². The molecule has 1 N–H and O–H groups in total. The first kappa shape index (κ1) is 17.8. The van der Waals surface area contributed by atoms with Gasteiger partial charge in [0.15, 0.2) is 10.9 Å². The van der Waals surface area contributed by atoms with Crippen LogP contribution in [0.3, 0.4) is 0 Å². The number of nitrogens with one attached hydrogen (secondary N) is 1. The van der Waals surface area contributed by atoms with Crippen LogP contribution in [-0.2, 0) is 11.8 Å². The third-order valence-electron chi connectivity index (χ3n) is 3.60. The van der Waals surface area contributed by atoms with E-state index >= 15 is 0 Å². The lowest BCUT2D eigenvalue weighted by molar-refractivity contribution is -0.116. The highest BCUT2D eigenvalue weighted by Gasteiger charge is 2.18. The van der Waals surface area contributed by atoms with Gasteiger partial charge in [0.05, 0.1) is 18.5 Å². The molecular formula is C18H18N4O3S. The molecule has 0 bridgehead atoms. The molecule has 1 aromatic carbocycles. The van der Waals surface area contributed by atoms with Crippen LogP contribution in [0, 0.1) is 0 Å². The van der Waals surface area contributed by atoms with Crippen molar-refractivity contribution in [1.29, 1.82) is 0 Å². The predicted molar refractivity (Wildman–Crippen MR) is 98.1 cm³/mol. The predicted octanol–water partition coefficient (Wildman–Crippen LogP) is 2.88. The standard InChI is InChI=1S/C18H18N4O3S/c1-21-10-9-19-18(21)26-15-8-4-3-6-13(15)20-16(23)12-22(2)17(24)14-7-5-11-25-14/h3-11H,12H2,1-2H3,(H,20,23). The molecule has 0 radical (unpaired) electrons. The Balaban J connectivity index is 1.66. The van der Waals surface area contributed by atoms with Gasteiger partial charge in [-0.15, -0.1) is 0 Å². The molecule has 0 fully saturated rings. The Morgan fingerprint density at radius 3 is 2.77 bits per heavy atom. The second kappa shape index (κ2) is 7.92. The van der Waals surface area contributed by atoms with E-state index in [1.54, 1.807) is 25.4 Å². The first-order valence-electron chi connectivity index (χ1n) is 7.87. The topological polar surface area (TPSA) is 80.4 Å². The van der Waals surface area contributed by atoms with Crippen molar-refractivity contribution in [3.8, 4) is 0 Å². The lowest BCUT2D eigenvalue weighted by atomic mass is 10.3. The van der Waals surface area contributed by atoms with Crippen LogP contribution in [0.2, 0.25) is 0 Å². The van der Waals surface area contributed by atoms with Gasteiger partial charge in [-0.3, -0.25) is 9.59 Å². The van der Waals surface area contributed by atoms with Crippen molar-refractivity contribution in [2.75, 3.05) is 18.9 Å². The minimum atomic E-state index is -0.346. The molecule has 2 amide bonds. The summed E-state index contributed by atoms with van der Waals surface area (Å²) in [5.74, 6) is -0.438. The highest BCUT2D eigenvalue weighted by atomic mass is 32.2. The van der Waals surface area contributed by atoms with E-state index in [1.165, 1.54) is 22.9 Å². The number of hydrogen-bond acceptors (Lipinski definition) is 5. The Kier molecular flexibility index (Phi) is 5.43. The van der Waals surface area contributed by atoms with Crippen LogP contribution < -0.4 is 5.32 Å². The number of likely N-dealkylation sites (N-methyl/N-ethyl adjacent to an activating group) is 1. The van der Waals surface area contributed by atoms with Gasteiger partial charge in [0.1, 0.15) is 0 Å². The molecule has 0 unspecified atom stereocenters. The summed E-state index contributed by atoms with van der Waals surface area (Å²) >= 11 is 1.45. The van der Waals surface area contributed by atoms with Crippen LogP contribution in [0.5, 0.6) is 0 Å². The smallest absolute Gasteiger partial charge is 0.289 e. The number of carbonyl (C=O) groups is 2. The van der Waals surface area contributed by atoms with Gasteiger partial charge in [-0.25, -0.2) is 4.98 Å². The number of nitrogens with zero attached hydrogens (tertiary/aromatic N) is 3. The van der Waals surface area contributed by atoms with E-state index in [2.05, 4.69) is 10.3 Å². The summed E-state index contributed by atoms with van der Waals surface area (Å²) in [6.07, 6.45) is 5.00. The second-order valence-electron chi connectivity index (χ2n) is 5.61. The van der Waals surface area contributed by atoms with Gasteiger partial charge < -0.3 is 19.2 Å². The molecule has 0 spiro atoms. The van der Waals surface area contributed by atoms with Gasteiger partial charge in [0, 0.05) is 31.4 Å². The molecule has 0 saturated heterocycles. The maximum atomic E-state index is 12.4. The van der Waals surface area contributed by atoms with E-state index in [4.69, 9.17) is 4.42 Å². The SMILES string of the molecule is CN(CC(=O)Nc1ccccc1Sc1nccn1C)C(=O)c1ccco1. The first-order valence-corrected chi connectivity index (χ1v) is 8.69. The quantitative estimate of drug-likeness (QED) is 0.722. The third-order valence-corrected chi connectivity index (χ3v) is 4.75. The fraction of sp³-hybridized carbons (Fsp3) is 0.167. The van der Waals surface area contributed by atoms with E-state index in [0.717, 1.165) is 10.1 Å². The molecule has 134 valence electrons. The largest absolute Gasteiger partial charge is 0.459 e. The van der Waals surface area contributed by atoms with E-state index in [1.807, 2.05) is 42.1 Å². The molecular weight excluding hydrogens is 352 g/mol. The van der Waals surface area contributed by atoms with Crippen LogP contribution in [-0.4, -0.2) is 39.9 Å². The van der Waals surface area contributed by atoms with Crippen molar-refractivity contribution in [3.05, 3.63) is 60.8 Å². The monoisotopic (exact) mass is 370 g/mol. The number of hydrogen-bond donors (Lipinski definition) is 1. The van der Waals surface area contributed by atoms with E-state index in [9.17, 15) is 9.59 Å². The number of carbonyl (C=O) groups excluding carboxylic acids is 2. The Bertz CT molecular complexity index is 905. The van der Waals surface area contributed by atoms with Gasteiger partial charge >= 0.3 is 0 Å². The Labute approximate surface area is 155 Å². The molecule has 0 aliphatic carbocycles. The molecule has 26 heavy (non-hydrogen) atoms. The van der Waals surface area contributed by atoms with Crippen molar-refractivity contribution in [1.82, 2.24) is 14.5 Å². The molecule has 2 aromatic heterocycles. The minimum Gasteiger partial charge on any atom is -0.459 e. The number of anilines is 1. The van der Waals surface area contributed by atoms with Crippen molar-refractivity contribution < 1.29 is 14.0 Å². The lowest BCUT2D eigenvalue weighted by Crippen LogP contribution is -2.34. The number of furan rings is 1. The van der Waals surface area contributed by atoms with Gasteiger partial charge in [0.25, 0.3) is 5.91 Å². The zero-order valence-electron chi connectivity index (χ0n) is 14.4. The summed E-state index contributed by atoms with van der Waals surface area (Å²) in [5.41, 5.74) is 0.671. The molecule has 2 heterocycles. The molecule has 0 aliphatic rings. The van der Waals surface area contributed by atoms with Crippen molar-refractivity contribution in [3.63, 3.8) is 0 Å². The number of aryl methyl sites for hydroxylation is 1. The molecule has 3 aromatic rings. The average molecular weight is 370 g/mol. The molecule has 3 rings (SSSR count). The number of para-hydroxylation sites is 1. The number of imidazole rings is 1. The van der Waals surface area contributed by atoms with E-state index in [0.29, 0.717) is 5.69 Å². The minimum absolute atomic E-state index is 0.0824. The van der Waals surface area contributed by atoms with Crippen LogP contribution >= 0.6 is 11.8 Å². The summed E-state index contributed by atoms with van der Waals surface area (Å²) in [7, 11) is 3.46. The molecule has 0 aliphatic heterocycles. The normalized spacial score (nSPS) is 10.5. The van der Waals surface area contributed by atoms with Crippen LogP contribution in [0.4, 0.5) is 5.69 Å². The number of benzene rings is 1. The molecule has 7 nitrogen and oxygen atoms in total. The third kappa shape index (κ3) is 4.15. The Morgan fingerprint density at radius 1 is 1.27 bits per heavy atom. The van der Waals surface area contributed by atoms with Gasteiger partial charge in [0.2, 0.25) is 5.91 Å². The molecule has 0 saturated carbocycles. The van der Waals surface area contributed by atoms with Gasteiger partial charge in [-0.1, -0.05) is 12.1 Å². The summed E-state index contributed by atoms with van der Waals surface area (Å²) in [5, 5.41) is 3.67. The van der Waals surface area contributed by atoms with E-state index < -0.39 is 0 Å². The lowest BCUT2D eigenvalue weighted by Gasteiger charge is -2.16. The fourth-order valence-electron chi connectivity index (χ4n) is 2.27. The molecule has 0 atom stereocenters. The number of amides is 2. The van der Waals surface area contributed by atoms with Gasteiger partial charge in [-0.2, -0.15) is 0 Å².